The Bertz CT molecular complexity index is 383. The van der Waals surface area contributed by atoms with Gasteiger partial charge in [-0.2, -0.15) is 0 Å². The molecule has 0 spiro atoms. The zero-order valence-electron chi connectivity index (χ0n) is 10.5. The maximum absolute atomic E-state index is 13.7. The molecule has 0 radical (unpaired) electrons. The van der Waals surface area contributed by atoms with Crippen LogP contribution in [0.25, 0.3) is 0 Å². The van der Waals surface area contributed by atoms with Crippen molar-refractivity contribution in [2.75, 3.05) is 5.32 Å². The molecule has 96 valence electrons. The fraction of sp³-hybridized carbons (Fsp3) is 0.538. The summed E-state index contributed by atoms with van der Waals surface area (Å²) in [7, 11) is 0. The normalized spacial score (nSPS) is 11.6. The van der Waals surface area contributed by atoms with Gasteiger partial charge in [0.1, 0.15) is 11.6 Å². The lowest BCUT2D eigenvalue weighted by molar-refractivity contribution is 0.411. The van der Waals surface area contributed by atoms with Crippen LogP contribution in [0.3, 0.4) is 0 Å². The van der Waals surface area contributed by atoms with Gasteiger partial charge in [0, 0.05) is 12.1 Å². The molecule has 4 heteroatoms. The molecule has 0 aliphatic heterocycles. The highest BCUT2D eigenvalue weighted by Gasteiger charge is 2.19. The Morgan fingerprint density at radius 1 is 1.00 bits per heavy atom. The standard InChI is InChI=1S/C13H18BrF2N/c1-7(2)13(8(3)4)17-12-6-10(15)9(14)5-11(12)16/h5-8,13,17H,1-4H3. The lowest BCUT2D eigenvalue weighted by Crippen LogP contribution is -2.31. The summed E-state index contributed by atoms with van der Waals surface area (Å²) in [4.78, 5) is 0. The van der Waals surface area contributed by atoms with Crippen molar-refractivity contribution < 1.29 is 8.78 Å². The number of rotatable bonds is 4. The van der Waals surface area contributed by atoms with Crippen LogP contribution in [-0.2, 0) is 0 Å². The van der Waals surface area contributed by atoms with Crippen LogP contribution in [0.4, 0.5) is 14.5 Å². The highest BCUT2D eigenvalue weighted by atomic mass is 79.9. The van der Waals surface area contributed by atoms with Gasteiger partial charge in [-0.05, 0) is 33.8 Å². The molecule has 0 aliphatic carbocycles. The monoisotopic (exact) mass is 305 g/mol. The van der Waals surface area contributed by atoms with Crippen LogP contribution in [-0.4, -0.2) is 6.04 Å². The van der Waals surface area contributed by atoms with E-state index in [4.69, 9.17) is 0 Å². The number of halogens is 3. The minimum atomic E-state index is -0.458. The number of hydrogen-bond donors (Lipinski definition) is 1. The average molecular weight is 306 g/mol. The highest BCUT2D eigenvalue weighted by Crippen LogP contribution is 2.26. The van der Waals surface area contributed by atoms with Gasteiger partial charge in [-0.3, -0.25) is 0 Å². The summed E-state index contributed by atoms with van der Waals surface area (Å²) in [5, 5.41) is 3.08. The fourth-order valence-electron chi connectivity index (χ4n) is 1.92. The number of hydrogen-bond acceptors (Lipinski definition) is 1. The molecule has 1 nitrogen and oxygen atoms in total. The van der Waals surface area contributed by atoms with Crippen LogP contribution >= 0.6 is 15.9 Å². The van der Waals surface area contributed by atoms with Crippen LogP contribution in [0.2, 0.25) is 0 Å². The smallest absolute Gasteiger partial charge is 0.147 e. The van der Waals surface area contributed by atoms with Crippen molar-refractivity contribution in [3.05, 3.63) is 28.2 Å². The van der Waals surface area contributed by atoms with Crippen molar-refractivity contribution in [3.8, 4) is 0 Å². The SMILES string of the molecule is CC(C)C(Nc1cc(F)c(Br)cc1F)C(C)C. The van der Waals surface area contributed by atoms with Gasteiger partial charge in [-0.25, -0.2) is 8.78 Å². The predicted octanol–water partition coefficient (Wildman–Crippen LogP) is 4.82. The summed E-state index contributed by atoms with van der Waals surface area (Å²) in [6, 6.07) is 2.46. The van der Waals surface area contributed by atoms with Crippen LogP contribution < -0.4 is 5.32 Å². The molecule has 1 aromatic rings. The topological polar surface area (TPSA) is 12.0 Å². The molecule has 0 aliphatic rings. The lowest BCUT2D eigenvalue weighted by atomic mass is 9.93. The van der Waals surface area contributed by atoms with Crippen LogP contribution in [0.1, 0.15) is 27.7 Å². The number of anilines is 1. The Morgan fingerprint density at radius 2 is 1.53 bits per heavy atom. The Kier molecular flexibility index (Phi) is 4.92. The van der Waals surface area contributed by atoms with Crippen molar-refractivity contribution in [1.82, 2.24) is 0 Å². The van der Waals surface area contributed by atoms with E-state index in [0.717, 1.165) is 6.07 Å². The largest absolute Gasteiger partial charge is 0.379 e. The fourth-order valence-corrected chi connectivity index (χ4v) is 2.23. The number of nitrogens with one attached hydrogen (secondary N) is 1. The van der Waals surface area contributed by atoms with Gasteiger partial charge >= 0.3 is 0 Å². The Balaban J connectivity index is 2.97. The summed E-state index contributed by atoms with van der Waals surface area (Å²) in [6.45, 7) is 8.24. The minimum Gasteiger partial charge on any atom is -0.379 e. The molecule has 0 fully saturated rings. The second-order valence-electron chi connectivity index (χ2n) is 4.90. The minimum absolute atomic E-state index is 0.116. The van der Waals surface area contributed by atoms with Crippen molar-refractivity contribution in [1.29, 1.82) is 0 Å². The van der Waals surface area contributed by atoms with E-state index in [1.165, 1.54) is 6.07 Å². The zero-order valence-corrected chi connectivity index (χ0v) is 12.1. The van der Waals surface area contributed by atoms with E-state index >= 15 is 0 Å². The van der Waals surface area contributed by atoms with E-state index in [1.54, 1.807) is 0 Å². The van der Waals surface area contributed by atoms with E-state index < -0.39 is 11.6 Å². The molecule has 1 N–H and O–H groups in total. The van der Waals surface area contributed by atoms with E-state index in [0.29, 0.717) is 11.8 Å². The van der Waals surface area contributed by atoms with Crippen molar-refractivity contribution in [2.45, 2.75) is 33.7 Å². The summed E-state index contributed by atoms with van der Waals surface area (Å²) < 4.78 is 27.2. The molecule has 0 atom stereocenters. The second kappa shape index (κ2) is 5.80. The highest BCUT2D eigenvalue weighted by molar-refractivity contribution is 9.10. The number of benzene rings is 1. The third-order valence-electron chi connectivity index (χ3n) is 2.77. The zero-order chi connectivity index (χ0) is 13.2. The van der Waals surface area contributed by atoms with Gasteiger partial charge in [-0.15, -0.1) is 0 Å². The molecular formula is C13H18BrF2N. The molecule has 0 saturated heterocycles. The van der Waals surface area contributed by atoms with Gasteiger partial charge < -0.3 is 5.32 Å². The predicted molar refractivity (Wildman–Crippen MR) is 71.1 cm³/mol. The van der Waals surface area contributed by atoms with Gasteiger partial charge in [-0.1, -0.05) is 27.7 Å². The molecule has 1 rings (SSSR count). The quantitative estimate of drug-likeness (QED) is 0.786. The Labute approximate surface area is 110 Å². The molecule has 17 heavy (non-hydrogen) atoms. The summed E-state index contributed by atoms with van der Waals surface area (Å²) in [5.41, 5.74) is 0.220. The van der Waals surface area contributed by atoms with Crippen molar-refractivity contribution in [2.24, 2.45) is 11.8 Å². The van der Waals surface area contributed by atoms with E-state index in [-0.39, 0.29) is 16.2 Å². The summed E-state index contributed by atoms with van der Waals surface area (Å²) in [6.07, 6.45) is 0. The van der Waals surface area contributed by atoms with E-state index in [1.807, 2.05) is 0 Å². The van der Waals surface area contributed by atoms with Crippen LogP contribution in [0.5, 0.6) is 0 Å². The van der Waals surface area contributed by atoms with Crippen molar-refractivity contribution >= 4 is 21.6 Å². The van der Waals surface area contributed by atoms with Gasteiger partial charge in [0.25, 0.3) is 0 Å². The van der Waals surface area contributed by atoms with Gasteiger partial charge in [0.15, 0.2) is 0 Å². The second-order valence-corrected chi connectivity index (χ2v) is 5.76. The third kappa shape index (κ3) is 3.66. The van der Waals surface area contributed by atoms with Crippen LogP contribution in [0.15, 0.2) is 16.6 Å². The van der Waals surface area contributed by atoms with Crippen molar-refractivity contribution in [3.63, 3.8) is 0 Å². The Morgan fingerprint density at radius 3 is 2.00 bits per heavy atom. The lowest BCUT2D eigenvalue weighted by Gasteiger charge is -2.27. The first-order chi connectivity index (χ1) is 7.82. The molecule has 0 aromatic heterocycles. The average Bonchev–Trinajstić information content (AvgIpc) is 2.20. The Hall–Kier alpha value is -0.640. The first-order valence-electron chi connectivity index (χ1n) is 5.74. The van der Waals surface area contributed by atoms with Gasteiger partial charge in [0.05, 0.1) is 10.2 Å². The van der Waals surface area contributed by atoms with E-state index in [2.05, 4.69) is 48.9 Å². The van der Waals surface area contributed by atoms with Gasteiger partial charge in [0.2, 0.25) is 0 Å². The molecule has 1 aromatic carbocycles. The molecule has 0 amide bonds. The maximum Gasteiger partial charge on any atom is 0.147 e. The molecular weight excluding hydrogens is 288 g/mol. The molecule has 0 bridgehead atoms. The summed E-state index contributed by atoms with van der Waals surface area (Å²) in [5.74, 6) is -0.202. The first-order valence-corrected chi connectivity index (χ1v) is 6.53. The molecule has 0 saturated carbocycles. The molecule has 0 heterocycles. The molecule has 0 unspecified atom stereocenters. The summed E-state index contributed by atoms with van der Waals surface area (Å²) >= 11 is 2.96. The third-order valence-corrected chi connectivity index (χ3v) is 3.38. The first kappa shape index (κ1) is 14.4. The van der Waals surface area contributed by atoms with E-state index in [9.17, 15) is 8.78 Å². The van der Waals surface area contributed by atoms with Crippen LogP contribution in [0, 0.1) is 23.5 Å². The maximum atomic E-state index is 13.7.